The highest BCUT2D eigenvalue weighted by Crippen LogP contribution is 2.09. The van der Waals surface area contributed by atoms with Crippen molar-refractivity contribution in [3.05, 3.63) is 19.1 Å². The number of unbranched alkanes of at least 4 members (excludes halogenated alkanes) is 8. The highest BCUT2D eigenvalue weighted by Gasteiger charge is 1.89. The molecule has 0 amide bonds. The molecule has 0 heterocycles. The fourth-order valence-corrected chi connectivity index (χ4v) is 1.55. The monoisotopic (exact) mass is 194 g/mol. The molecule has 0 aliphatic rings. The van der Waals surface area contributed by atoms with Gasteiger partial charge in [-0.1, -0.05) is 64.9 Å². The third-order valence-corrected chi connectivity index (χ3v) is 2.45. The molecule has 0 aromatic rings. The molecule has 0 rings (SSSR count). The van der Waals surface area contributed by atoms with Crippen molar-refractivity contribution in [2.45, 2.75) is 71.1 Å². The Kier molecular flexibility index (Phi) is 12.5. The van der Waals surface area contributed by atoms with Crippen molar-refractivity contribution >= 4 is 0 Å². The molecule has 0 saturated heterocycles. The number of rotatable bonds is 10. The Balaban J connectivity index is 2.88. The molecule has 0 aromatic carbocycles. The SMILES string of the molecule is [CH2]CCCCCCCCC/C=[C]/CC. The van der Waals surface area contributed by atoms with E-state index in [4.69, 9.17) is 0 Å². The molecule has 0 aliphatic heterocycles. The third kappa shape index (κ3) is 11.7. The molecule has 0 N–H and O–H groups in total. The van der Waals surface area contributed by atoms with Crippen LogP contribution in [0.4, 0.5) is 0 Å². The van der Waals surface area contributed by atoms with Crippen LogP contribution in [0, 0.1) is 13.0 Å². The van der Waals surface area contributed by atoms with Gasteiger partial charge in [-0.15, -0.1) is 0 Å². The molecule has 0 saturated carbocycles. The van der Waals surface area contributed by atoms with Gasteiger partial charge in [0.15, 0.2) is 0 Å². The summed E-state index contributed by atoms with van der Waals surface area (Å²) >= 11 is 0. The van der Waals surface area contributed by atoms with Crippen LogP contribution in [0.15, 0.2) is 6.08 Å². The largest absolute Gasteiger partial charge is 0.0811 e. The second-order valence-corrected chi connectivity index (χ2v) is 3.88. The molecule has 0 aromatic heterocycles. The van der Waals surface area contributed by atoms with E-state index >= 15 is 0 Å². The first-order valence-electron chi connectivity index (χ1n) is 6.26. The second kappa shape index (κ2) is 12.7. The van der Waals surface area contributed by atoms with E-state index in [-0.39, 0.29) is 0 Å². The van der Waals surface area contributed by atoms with Crippen molar-refractivity contribution in [1.29, 1.82) is 0 Å². The fraction of sp³-hybridized carbons (Fsp3) is 0.786. The van der Waals surface area contributed by atoms with E-state index in [2.05, 4.69) is 26.0 Å². The van der Waals surface area contributed by atoms with Gasteiger partial charge in [-0.3, -0.25) is 0 Å². The van der Waals surface area contributed by atoms with Crippen molar-refractivity contribution in [3.8, 4) is 0 Å². The first-order valence-corrected chi connectivity index (χ1v) is 6.26. The van der Waals surface area contributed by atoms with Crippen molar-refractivity contribution in [2.75, 3.05) is 0 Å². The molecular weight excluding hydrogens is 168 g/mol. The minimum atomic E-state index is 1.06. The van der Waals surface area contributed by atoms with Crippen molar-refractivity contribution < 1.29 is 0 Å². The molecule has 2 radical (unpaired) electrons. The van der Waals surface area contributed by atoms with Crippen molar-refractivity contribution in [2.24, 2.45) is 0 Å². The number of hydrogen-bond donors (Lipinski definition) is 0. The average Bonchev–Trinajstić information content (AvgIpc) is 2.21. The second-order valence-electron chi connectivity index (χ2n) is 3.88. The summed E-state index contributed by atoms with van der Waals surface area (Å²) in [7, 11) is 0. The molecule has 0 atom stereocenters. The molecule has 0 nitrogen and oxygen atoms in total. The average molecular weight is 194 g/mol. The lowest BCUT2D eigenvalue weighted by Crippen LogP contribution is -1.79. The van der Waals surface area contributed by atoms with Gasteiger partial charge in [-0.2, -0.15) is 0 Å². The van der Waals surface area contributed by atoms with Gasteiger partial charge >= 0.3 is 0 Å². The standard InChI is InChI=1S/C14H26/c1-3-5-7-9-11-13-14-12-10-8-6-4-2/h8H,1,3-5,7,9-14H2,2H3. The summed E-state index contributed by atoms with van der Waals surface area (Å²) < 4.78 is 0. The minimum absolute atomic E-state index is 1.06. The van der Waals surface area contributed by atoms with Gasteiger partial charge in [0.2, 0.25) is 0 Å². The summed E-state index contributed by atoms with van der Waals surface area (Å²) in [5.41, 5.74) is 0. The smallest absolute Gasteiger partial charge is 0.0308 e. The Bertz CT molecular complexity index is 113. The topological polar surface area (TPSA) is 0 Å². The molecule has 0 aliphatic carbocycles. The van der Waals surface area contributed by atoms with E-state index < -0.39 is 0 Å². The molecule has 0 fully saturated rings. The van der Waals surface area contributed by atoms with Gasteiger partial charge in [0.05, 0.1) is 0 Å². The Hall–Kier alpha value is -0.260. The van der Waals surface area contributed by atoms with Crippen LogP contribution in [-0.2, 0) is 0 Å². The summed E-state index contributed by atoms with van der Waals surface area (Å²) in [6.07, 6.45) is 18.5. The van der Waals surface area contributed by atoms with Gasteiger partial charge in [0.1, 0.15) is 0 Å². The summed E-state index contributed by atoms with van der Waals surface area (Å²) in [6, 6.07) is 0. The van der Waals surface area contributed by atoms with Crippen LogP contribution in [-0.4, -0.2) is 0 Å². The molecule has 14 heavy (non-hydrogen) atoms. The number of hydrogen-bond acceptors (Lipinski definition) is 0. The summed E-state index contributed by atoms with van der Waals surface area (Å²) in [4.78, 5) is 0. The van der Waals surface area contributed by atoms with Crippen LogP contribution in [0.2, 0.25) is 0 Å². The fourth-order valence-electron chi connectivity index (χ4n) is 1.55. The summed E-state index contributed by atoms with van der Waals surface area (Å²) in [5.74, 6) is 0. The van der Waals surface area contributed by atoms with Gasteiger partial charge in [0.25, 0.3) is 0 Å². The first-order chi connectivity index (χ1) is 6.91. The highest BCUT2D eigenvalue weighted by molar-refractivity contribution is 4.71. The van der Waals surface area contributed by atoms with E-state index in [1.807, 2.05) is 0 Å². The van der Waals surface area contributed by atoms with Gasteiger partial charge in [-0.25, -0.2) is 0 Å². The predicted molar refractivity (Wildman–Crippen MR) is 65.0 cm³/mol. The maximum absolute atomic E-state index is 3.85. The molecule has 0 heteroatoms. The lowest BCUT2D eigenvalue weighted by atomic mass is 10.1. The van der Waals surface area contributed by atoms with E-state index in [0.717, 1.165) is 12.8 Å². The van der Waals surface area contributed by atoms with Crippen LogP contribution in [0.3, 0.4) is 0 Å². The Morgan fingerprint density at radius 2 is 1.50 bits per heavy atom. The van der Waals surface area contributed by atoms with Gasteiger partial charge in [-0.05, 0) is 25.3 Å². The van der Waals surface area contributed by atoms with E-state index in [9.17, 15) is 0 Å². The Labute approximate surface area is 90.8 Å². The number of allylic oxidation sites excluding steroid dienone is 2. The van der Waals surface area contributed by atoms with Crippen LogP contribution >= 0.6 is 0 Å². The molecule has 0 bridgehead atoms. The molecule has 82 valence electrons. The van der Waals surface area contributed by atoms with E-state index in [1.165, 1.54) is 51.4 Å². The summed E-state index contributed by atoms with van der Waals surface area (Å²) in [6.45, 7) is 5.99. The lowest BCUT2D eigenvalue weighted by molar-refractivity contribution is 0.583. The zero-order valence-corrected chi connectivity index (χ0v) is 9.86. The van der Waals surface area contributed by atoms with Crippen molar-refractivity contribution in [1.82, 2.24) is 0 Å². The first kappa shape index (κ1) is 13.7. The Morgan fingerprint density at radius 3 is 2.07 bits per heavy atom. The zero-order valence-electron chi connectivity index (χ0n) is 9.86. The maximum Gasteiger partial charge on any atom is -0.0308 e. The lowest BCUT2D eigenvalue weighted by Gasteiger charge is -1.99. The van der Waals surface area contributed by atoms with Gasteiger partial charge in [0, 0.05) is 0 Å². The third-order valence-electron chi connectivity index (χ3n) is 2.45. The zero-order chi connectivity index (χ0) is 10.5. The van der Waals surface area contributed by atoms with Gasteiger partial charge < -0.3 is 0 Å². The quantitative estimate of drug-likeness (QED) is 0.424. The molecular formula is C14H26. The van der Waals surface area contributed by atoms with Crippen LogP contribution in [0.1, 0.15) is 71.1 Å². The van der Waals surface area contributed by atoms with Crippen LogP contribution < -0.4 is 0 Å². The molecule has 0 spiro atoms. The van der Waals surface area contributed by atoms with Crippen LogP contribution in [0.25, 0.3) is 0 Å². The summed E-state index contributed by atoms with van der Waals surface area (Å²) in [5, 5.41) is 0. The van der Waals surface area contributed by atoms with Crippen LogP contribution in [0.5, 0.6) is 0 Å². The highest BCUT2D eigenvalue weighted by atomic mass is 14.0. The normalized spacial score (nSPS) is 11.3. The van der Waals surface area contributed by atoms with E-state index in [0.29, 0.717) is 0 Å². The maximum atomic E-state index is 3.85. The minimum Gasteiger partial charge on any atom is -0.0811 e. The van der Waals surface area contributed by atoms with Crippen molar-refractivity contribution in [3.63, 3.8) is 0 Å². The van der Waals surface area contributed by atoms with E-state index in [1.54, 1.807) is 0 Å². The Morgan fingerprint density at radius 1 is 0.929 bits per heavy atom. The molecule has 0 unspecified atom stereocenters. The predicted octanol–water partition coefficient (Wildman–Crippen LogP) is 5.10.